The van der Waals surface area contributed by atoms with E-state index in [-0.39, 0.29) is 24.6 Å². The lowest BCUT2D eigenvalue weighted by molar-refractivity contribution is -0.138. The number of carboxylic acid groups (broad SMARTS) is 1. The first-order valence-corrected chi connectivity index (χ1v) is 6.59. The van der Waals surface area contributed by atoms with Crippen molar-refractivity contribution in [2.75, 3.05) is 6.54 Å². The van der Waals surface area contributed by atoms with E-state index in [0.717, 1.165) is 4.90 Å². The Morgan fingerprint density at radius 1 is 1.41 bits per heavy atom. The van der Waals surface area contributed by atoms with E-state index in [1.165, 1.54) is 19.1 Å². The number of hydrogen-bond donors (Lipinski definition) is 3. The summed E-state index contributed by atoms with van der Waals surface area (Å²) in [5, 5.41) is 13.5. The van der Waals surface area contributed by atoms with Crippen LogP contribution >= 0.6 is 0 Å². The van der Waals surface area contributed by atoms with Gasteiger partial charge in [0.1, 0.15) is 6.04 Å². The van der Waals surface area contributed by atoms with Crippen LogP contribution in [0, 0.1) is 0 Å². The van der Waals surface area contributed by atoms with Crippen LogP contribution in [0.2, 0.25) is 0 Å². The molecule has 1 heterocycles. The van der Waals surface area contributed by atoms with Crippen LogP contribution in [0.4, 0.5) is 4.79 Å². The zero-order valence-electron chi connectivity index (χ0n) is 11.8. The largest absolute Gasteiger partial charge is 0.480 e. The van der Waals surface area contributed by atoms with E-state index in [0.29, 0.717) is 5.56 Å². The first-order chi connectivity index (χ1) is 10.4. The summed E-state index contributed by atoms with van der Waals surface area (Å²) in [5.41, 5.74) is 0.860. The highest BCUT2D eigenvalue weighted by Gasteiger charge is 2.28. The molecule has 2 rings (SSSR count). The van der Waals surface area contributed by atoms with Gasteiger partial charge in [-0.15, -0.1) is 0 Å². The summed E-state index contributed by atoms with van der Waals surface area (Å²) >= 11 is 0. The van der Waals surface area contributed by atoms with Gasteiger partial charge < -0.3 is 15.7 Å². The van der Waals surface area contributed by atoms with Crippen LogP contribution < -0.4 is 10.6 Å². The number of imide groups is 1. The summed E-state index contributed by atoms with van der Waals surface area (Å²) in [6.07, 6.45) is 0. The second-order valence-corrected chi connectivity index (χ2v) is 4.87. The quantitative estimate of drug-likeness (QED) is 0.659. The van der Waals surface area contributed by atoms with Crippen molar-refractivity contribution in [3.63, 3.8) is 0 Å². The van der Waals surface area contributed by atoms with Crippen molar-refractivity contribution < 1.29 is 24.3 Å². The monoisotopic (exact) mass is 305 g/mol. The second-order valence-electron chi connectivity index (χ2n) is 4.87. The smallest absolute Gasteiger partial charge is 0.325 e. The molecule has 1 aliphatic rings. The maximum Gasteiger partial charge on any atom is 0.325 e. The molecule has 22 heavy (non-hydrogen) atoms. The summed E-state index contributed by atoms with van der Waals surface area (Å²) in [7, 11) is 0. The number of carbonyl (C=O) groups is 4. The van der Waals surface area contributed by atoms with Gasteiger partial charge in [-0.3, -0.25) is 19.3 Å². The van der Waals surface area contributed by atoms with Crippen LogP contribution in [0.25, 0.3) is 0 Å². The van der Waals surface area contributed by atoms with Crippen LogP contribution in [0.3, 0.4) is 0 Å². The maximum absolute atomic E-state index is 11.9. The zero-order chi connectivity index (χ0) is 16.3. The Bertz CT molecular complexity index is 627. The first kappa shape index (κ1) is 15.5. The molecular weight excluding hydrogens is 290 g/mol. The summed E-state index contributed by atoms with van der Waals surface area (Å²) in [6, 6.07) is 4.84. The number of nitrogens with zero attached hydrogens (tertiary/aromatic N) is 1. The van der Waals surface area contributed by atoms with Gasteiger partial charge in [0.15, 0.2) is 0 Å². The molecule has 3 N–H and O–H groups in total. The number of amides is 4. The van der Waals surface area contributed by atoms with Crippen molar-refractivity contribution in [1.29, 1.82) is 0 Å². The van der Waals surface area contributed by atoms with E-state index >= 15 is 0 Å². The molecule has 0 radical (unpaired) electrons. The molecule has 8 heteroatoms. The number of aliphatic carboxylic acids is 1. The predicted molar refractivity (Wildman–Crippen MR) is 75.0 cm³/mol. The van der Waals surface area contributed by atoms with Crippen molar-refractivity contribution >= 4 is 23.8 Å². The third kappa shape index (κ3) is 3.40. The Morgan fingerprint density at radius 3 is 2.73 bits per heavy atom. The predicted octanol–water partition coefficient (Wildman–Crippen LogP) is -0.0587. The van der Waals surface area contributed by atoms with E-state index in [1.807, 2.05) is 0 Å². The number of carbonyl (C=O) groups excluding carboxylic acids is 3. The molecule has 0 aromatic heterocycles. The van der Waals surface area contributed by atoms with Gasteiger partial charge in [-0.05, 0) is 24.6 Å². The summed E-state index contributed by atoms with van der Waals surface area (Å²) in [5.74, 6) is -2.00. The van der Waals surface area contributed by atoms with Gasteiger partial charge in [0, 0.05) is 5.56 Å². The van der Waals surface area contributed by atoms with E-state index in [4.69, 9.17) is 5.11 Å². The molecule has 1 atom stereocenters. The standard InChI is InChI=1S/C14H15N3O5/c1-8(13(20)21)16-12(19)10-4-2-3-9(5-10)7-17-11(18)6-15-14(17)22/h2-5,8H,6-7H2,1H3,(H,15,22)(H,16,19)(H,20,21). The highest BCUT2D eigenvalue weighted by Crippen LogP contribution is 2.11. The molecule has 0 spiro atoms. The lowest BCUT2D eigenvalue weighted by Gasteiger charge is -2.13. The number of benzene rings is 1. The minimum atomic E-state index is -1.14. The molecule has 8 nitrogen and oxygen atoms in total. The van der Waals surface area contributed by atoms with Crippen LogP contribution in [-0.4, -0.2) is 46.4 Å². The highest BCUT2D eigenvalue weighted by molar-refractivity contribution is 6.02. The third-order valence-electron chi connectivity index (χ3n) is 3.18. The Kier molecular flexibility index (Phi) is 4.40. The fourth-order valence-electron chi connectivity index (χ4n) is 1.95. The van der Waals surface area contributed by atoms with E-state index in [1.54, 1.807) is 12.1 Å². The van der Waals surface area contributed by atoms with E-state index in [2.05, 4.69) is 10.6 Å². The molecule has 1 aliphatic heterocycles. The summed E-state index contributed by atoms with van der Waals surface area (Å²) in [4.78, 5) is 46.7. The molecule has 1 unspecified atom stereocenters. The summed E-state index contributed by atoms with van der Waals surface area (Å²) in [6.45, 7) is 1.38. The Hall–Kier alpha value is -2.90. The van der Waals surface area contributed by atoms with Gasteiger partial charge in [0.2, 0.25) is 5.91 Å². The van der Waals surface area contributed by atoms with E-state index in [9.17, 15) is 19.2 Å². The first-order valence-electron chi connectivity index (χ1n) is 6.59. The van der Waals surface area contributed by atoms with Gasteiger partial charge >= 0.3 is 12.0 Å². The zero-order valence-corrected chi connectivity index (χ0v) is 11.8. The lowest BCUT2D eigenvalue weighted by atomic mass is 10.1. The Labute approximate surface area is 126 Å². The minimum Gasteiger partial charge on any atom is -0.480 e. The molecule has 0 bridgehead atoms. The van der Waals surface area contributed by atoms with Gasteiger partial charge in [0.25, 0.3) is 5.91 Å². The number of rotatable bonds is 5. The van der Waals surface area contributed by atoms with Crippen molar-refractivity contribution in [1.82, 2.24) is 15.5 Å². The second kappa shape index (κ2) is 6.25. The van der Waals surface area contributed by atoms with Gasteiger partial charge in [0.05, 0.1) is 13.1 Å². The molecule has 1 aromatic rings. The molecular formula is C14H15N3O5. The normalized spacial score (nSPS) is 15.4. The lowest BCUT2D eigenvalue weighted by Crippen LogP contribution is -2.38. The third-order valence-corrected chi connectivity index (χ3v) is 3.18. The Balaban J connectivity index is 2.09. The molecule has 0 aliphatic carbocycles. The van der Waals surface area contributed by atoms with Crippen molar-refractivity contribution in [2.45, 2.75) is 19.5 Å². The van der Waals surface area contributed by atoms with Gasteiger partial charge in [-0.2, -0.15) is 0 Å². The molecule has 116 valence electrons. The number of hydrogen-bond acceptors (Lipinski definition) is 4. The van der Waals surface area contributed by atoms with Crippen LogP contribution in [-0.2, 0) is 16.1 Å². The fraction of sp³-hybridized carbons (Fsp3) is 0.286. The van der Waals surface area contributed by atoms with Gasteiger partial charge in [-0.1, -0.05) is 12.1 Å². The van der Waals surface area contributed by atoms with Crippen LogP contribution in [0.5, 0.6) is 0 Å². The maximum atomic E-state index is 11.9. The molecule has 1 saturated heterocycles. The number of carboxylic acids is 1. The molecule has 4 amide bonds. The van der Waals surface area contributed by atoms with Crippen LogP contribution in [0.1, 0.15) is 22.8 Å². The fourth-order valence-corrected chi connectivity index (χ4v) is 1.95. The topological polar surface area (TPSA) is 116 Å². The van der Waals surface area contributed by atoms with Gasteiger partial charge in [-0.25, -0.2) is 4.79 Å². The van der Waals surface area contributed by atoms with Crippen molar-refractivity contribution in [3.8, 4) is 0 Å². The number of urea groups is 1. The highest BCUT2D eigenvalue weighted by atomic mass is 16.4. The average Bonchev–Trinajstić information content (AvgIpc) is 2.79. The SMILES string of the molecule is CC(NC(=O)c1cccc(CN2C(=O)CNC2=O)c1)C(=O)O. The average molecular weight is 305 g/mol. The minimum absolute atomic E-state index is 0.0326. The van der Waals surface area contributed by atoms with Crippen LogP contribution in [0.15, 0.2) is 24.3 Å². The molecule has 1 fully saturated rings. The van der Waals surface area contributed by atoms with Crippen molar-refractivity contribution in [3.05, 3.63) is 35.4 Å². The summed E-state index contributed by atoms with van der Waals surface area (Å²) < 4.78 is 0. The Morgan fingerprint density at radius 2 is 2.14 bits per heavy atom. The molecule has 1 aromatic carbocycles. The molecule has 0 saturated carbocycles. The number of nitrogens with one attached hydrogen (secondary N) is 2. The van der Waals surface area contributed by atoms with Crippen molar-refractivity contribution in [2.24, 2.45) is 0 Å². The van der Waals surface area contributed by atoms with E-state index < -0.39 is 23.9 Å².